The third kappa shape index (κ3) is 12.7. The van der Waals surface area contributed by atoms with Gasteiger partial charge in [-0.25, -0.2) is 14.4 Å². The van der Waals surface area contributed by atoms with E-state index in [0.29, 0.717) is 27.9 Å². The molecule has 0 aliphatic heterocycles. The number of rotatable bonds is 3. The second kappa shape index (κ2) is 18.3. The first-order chi connectivity index (χ1) is 28.4. The lowest BCUT2D eigenvalue weighted by atomic mass is 9.80. The molecule has 0 radical (unpaired) electrons. The van der Waals surface area contributed by atoms with Crippen LogP contribution in [0.3, 0.4) is 0 Å². The molecule has 0 bridgehead atoms. The van der Waals surface area contributed by atoms with E-state index >= 15 is 0 Å². The fourth-order valence-corrected chi connectivity index (χ4v) is 6.22. The average molecular weight is 825 g/mol. The van der Waals surface area contributed by atoms with Crippen LogP contribution in [0.1, 0.15) is 111 Å². The monoisotopic (exact) mass is 824 g/mol. The maximum absolute atomic E-state index is 11.8. The second-order valence-corrected chi connectivity index (χ2v) is 19.7. The van der Waals surface area contributed by atoms with Crippen LogP contribution in [0.4, 0.5) is 0 Å². The van der Waals surface area contributed by atoms with Crippen molar-refractivity contribution >= 4 is 38.7 Å². The number of fused-ring (bicyclic) bond motifs is 4. The van der Waals surface area contributed by atoms with E-state index in [4.69, 9.17) is 18.0 Å². The van der Waals surface area contributed by atoms with Crippen LogP contribution in [-0.4, -0.2) is 12.4 Å². The zero-order valence-corrected chi connectivity index (χ0v) is 37.8. The van der Waals surface area contributed by atoms with E-state index in [1.165, 1.54) is 47.7 Å². The summed E-state index contributed by atoms with van der Waals surface area (Å²) in [5.41, 5.74) is 7.84. The maximum atomic E-state index is 11.8. The molecule has 0 saturated heterocycles. The molecule has 1 aliphatic rings. The van der Waals surface area contributed by atoms with Crippen LogP contribution in [0, 0.1) is 5.41 Å². The SMILES string of the molecule is CC(C)(C)C(=O)COc1ccc2ccc(=O)oc2c1.CC(C)(C)c1ccc2c(c1)CC2.CC(C)(C)c1ccc2ccc(=O)oc2c1.CC(C)(C)c1ccc2oc(=O)ccc2c1. The molecular weight excluding hydrogens is 765 g/mol. The highest BCUT2D eigenvalue weighted by Crippen LogP contribution is 2.30. The lowest BCUT2D eigenvalue weighted by Crippen LogP contribution is -2.26. The van der Waals surface area contributed by atoms with Gasteiger partial charge < -0.3 is 18.0 Å². The Kier molecular flexibility index (Phi) is 13.8. The lowest BCUT2D eigenvalue weighted by molar-refractivity contribution is -0.128. The molecule has 8 rings (SSSR count). The number of carbonyl (C=O) groups excluding carboxylic acids is 1. The Labute approximate surface area is 358 Å². The van der Waals surface area contributed by atoms with Crippen LogP contribution < -0.4 is 21.6 Å². The first-order valence-electron chi connectivity index (χ1n) is 20.8. The average Bonchev–Trinajstić information content (AvgIpc) is 3.16. The predicted octanol–water partition coefficient (Wildman–Crippen LogP) is 12.1. The Balaban J connectivity index is 0.000000156. The molecule has 320 valence electrons. The molecule has 4 aromatic carbocycles. The van der Waals surface area contributed by atoms with Crippen molar-refractivity contribution in [1.29, 1.82) is 0 Å². The summed E-state index contributed by atoms with van der Waals surface area (Å²) < 4.78 is 20.7. The fourth-order valence-electron chi connectivity index (χ4n) is 6.22. The van der Waals surface area contributed by atoms with E-state index in [1.807, 2.05) is 45.0 Å². The summed E-state index contributed by atoms with van der Waals surface area (Å²) >= 11 is 0. The summed E-state index contributed by atoms with van der Waals surface area (Å²) in [5, 5.41) is 2.75. The zero-order chi connectivity index (χ0) is 44.9. The van der Waals surface area contributed by atoms with Crippen molar-refractivity contribution in [3.8, 4) is 5.75 Å². The Morgan fingerprint density at radius 1 is 0.459 bits per heavy atom. The van der Waals surface area contributed by atoms with Crippen molar-refractivity contribution in [1.82, 2.24) is 0 Å². The highest BCUT2D eigenvalue weighted by atomic mass is 16.5. The first-order valence-corrected chi connectivity index (χ1v) is 20.8. The van der Waals surface area contributed by atoms with E-state index in [0.717, 1.165) is 16.2 Å². The Morgan fingerprint density at radius 2 is 0.885 bits per heavy atom. The van der Waals surface area contributed by atoms with Crippen LogP contribution in [0.25, 0.3) is 32.9 Å². The summed E-state index contributed by atoms with van der Waals surface area (Å²) in [6.07, 6.45) is 2.58. The maximum Gasteiger partial charge on any atom is 0.336 e. The molecule has 0 atom stereocenters. The highest BCUT2D eigenvalue weighted by molar-refractivity contribution is 5.85. The summed E-state index contributed by atoms with van der Waals surface area (Å²) in [6, 6.07) is 33.6. The van der Waals surface area contributed by atoms with Gasteiger partial charge in [-0.3, -0.25) is 4.79 Å². The number of hydrogen-bond donors (Lipinski definition) is 0. The molecule has 0 spiro atoms. The van der Waals surface area contributed by atoms with Crippen LogP contribution in [0.5, 0.6) is 5.75 Å². The summed E-state index contributed by atoms with van der Waals surface area (Å²) in [4.78, 5) is 45.0. The minimum atomic E-state index is -0.427. The van der Waals surface area contributed by atoms with Crippen molar-refractivity contribution in [2.45, 2.75) is 112 Å². The van der Waals surface area contributed by atoms with Crippen LogP contribution in [0.15, 0.2) is 137 Å². The molecule has 0 unspecified atom stereocenters. The number of Topliss-reactive ketones (excluding diaryl/α,β-unsaturated/α-hetero) is 1. The van der Waals surface area contributed by atoms with Crippen LogP contribution in [-0.2, 0) is 33.9 Å². The third-order valence-corrected chi connectivity index (χ3v) is 10.5. The number of ketones is 1. The lowest BCUT2D eigenvalue weighted by Gasteiger charge is -2.25. The highest BCUT2D eigenvalue weighted by Gasteiger charge is 2.22. The van der Waals surface area contributed by atoms with Crippen molar-refractivity contribution in [2.75, 3.05) is 6.61 Å². The molecular formula is C53H60O8. The number of aryl methyl sites for hydroxylation is 2. The van der Waals surface area contributed by atoms with Gasteiger partial charge in [0.1, 0.15) is 29.1 Å². The zero-order valence-electron chi connectivity index (χ0n) is 37.8. The van der Waals surface area contributed by atoms with E-state index in [-0.39, 0.29) is 34.5 Å². The smallest absolute Gasteiger partial charge is 0.336 e. The Hall–Kier alpha value is -6.02. The Bertz CT molecular complexity index is 2830. The number of carbonyl (C=O) groups is 1. The standard InChI is InChI=1S/C15H16O4.2C13H14O2.C12H16/c1-15(2,3)13(16)9-18-11-6-4-10-5-7-14(17)19-12(10)8-11;1-13(2,3)10-5-6-11-9(8-10)4-7-12(14)15-11;1-13(2,3)10-6-4-9-5-7-12(14)15-11(9)8-10;1-12(2,3)11-7-6-9-4-5-10(9)8-11/h4-8H,9H2,1-3H3;2*4-8H,1-3H3;6-8H,4-5H2,1-3H3. The molecule has 8 heteroatoms. The number of hydrogen-bond acceptors (Lipinski definition) is 8. The van der Waals surface area contributed by atoms with Gasteiger partial charge in [-0.05, 0) is 105 Å². The van der Waals surface area contributed by atoms with Crippen LogP contribution in [0.2, 0.25) is 0 Å². The summed E-state index contributed by atoms with van der Waals surface area (Å²) in [7, 11) is 0. The van der Waals surface area contributed by atoms with Crippen molar-refractivity contribution < 1.29 is 22.8 Å². The molecule has 0 saturated carbocycles. The molecule has 61 heavy (non-hydrogen) atoms. The van der Waals surface area contributed by atoms with Crippen molar-refractivity contribution in [2.24, 2.45) is 5.41 Å². The normalized spacial score (nSPS) is 12.5. The molecule has 3 aromatic heterocycles. The molecule has 0 fully saturated rings. The first kappa shape index (κ1) is 46.1. The van der Waals surface area contributed by atoms with Gasteiger partial charge in [0.15, 0.2) is 5.78 Å². The quantitative estimate of drug-likeness (QED) is 0.162. The van der Waals surface area contributed by atoms with Crippen molar-refractivity contribution in [3.63, 3.8) is 0 Å². The minimum absolute atomic E-state index is 0.00602. The topological polar surface area (TPSA) is 117 Å². The molecule has 7 aromatic rings. The number of ether oxygens (including phenoxy) is 1. The Morgan fingerprint density at radius 3 is 1.39 bits per heavy atom. The van der Waals surface area contributed by atoms with E-state index < -0.39 is 11.0 Å². The largest absolute Gasteiger partial charge is 0.486 e. The molecule has 0 N–H and O–H groups in total. The van der Waals surface area contributed by atoms with Gasteiger partial charge in [0, 0.05) is 45.8 Å². The van der Waals surface area contributed by atoms with Gasteiger partial charge in [0.05, 0.1) is 0 Å². The second-order valence-electron chi connectivity index (χ2n) is 19.7. The minimum Gasteiger partial charge on any atom is -0.486 e. The van der Waals surface area contributed by atoms with Crippen molar-refractivity contribution in [3.05, 3.63) is 168 Å². The fraction of sp³-hybridized carbons (Fsp3) is 0.358. The van der Waals surface area contributed by atoms with Crippen LogP contribution >= 0.6 is 0 Å². The summed E-state index contributed by atoms with van der Waals surface area (Å²) in [5.74, 6) is 0.529. The van der Waals surface area contributed by atoms with Gasteiger partial charge in [-0.15, -0.1) is 0 Å². The molecule has 8 nitrogen and oxygen atoms in total. The third-order valence-electron chi connectivity index (χ3n) is 10.5. The molecule has 3 heterocycles. The molecule has 1 aliphatic carbocycles. The predicted molar refractivity (Wildman–Crippen MR) is 247 cm³/mol. The van der Waals surface area contributed by atoms with Gasteiger partial charge in [-0.2, -0.15) is 0 Å². The number of benzene rings is 4. The van der Waals surface area contributed by atoms with Gasteiger partial charge in [0.2, 0.25) is 0 Å². The molecule has 0 amide bonds. The van der Waals surface area contributed by atoms with E-state index in [2.05, 4.69) is 92.6 Å². The van der Waals surface area contributed by atoms with E-state index in [1.54, 1.807) is 47.5 Å². The van der Waals surface area contributed by atoms with Gasteiger partial charge >= 0.3 is 16.9 Å². The van der Waals surface area contributed by atoms with E-state index in [9.17, 15) is 19.2 Å². The van der Waals surface area contributed by atoms with Gasteiger partial charge in [-0.1, -0.05) is 119 Å². The van der Waals surface area contributed by atoms with Gasteiger partial charge in [0.25, 0.3) is 0 Å². The summed E-state index contributed by atoms with van der Waals surface area (Å²) in [6.45, 7) is 25.2.